The molecule has 0 saturated carbocycles. The van der Waals surface area contributed by atoms with E-state index < -0.39 is 27.5 Å². The highest BCUT2D eigenvalue weighted by Crippen LogP contribution is 2.78. The number of phosphoric ester groups is 2. The summed E-state index contributed by atoms with van der Waals surface area (Å²) in [6.45, 7) is 1.54. The highest BCUT2D eigenvalue weighted by molar-refractivity contribution is 7.51. The molecule has 4 bridgehead atoms. The second-order valence-corrected chi connectivity index (χ2v) is 6.47. The third kappa shape index (κ3) is 0.822. The van der Waals surface area contributed by atoms with Gasteiger partial charge < -0.3 is 13.6 Å². The molecule has 0 radical (unpaired) electrons. The summed E-state index contributed by atoms with van der Waals surface area (Å²) >= 11 is 0. The Balaban J connectivity index is 1.78. The Hall–Kier alpha value is -0.520. The van der Waals surface area contributed by atoms with Crippen LogP contribution < -0.4 is 0 Å². The molecule has 8 nitrogen and oxygen atoms in total. The lowest BCUT2D eigenvalue weighted by Crippen LogP contribution is -2.38. The number of phosphoric acid groups is 2. The van der Waals surface area contributed by atoms with Crippen molar-refractivity contribution < 1.29 is 36.3 Å². The topological polar surface area (TPSA) is 89.5 Å². The quantitative estimate of drug-likeness (QED) is 0.652. The van der Waals surface area contributed by atoms with Crippen LogP contribution in [0.15, 0.2) is 11.7 Å². The van der Waals surface area contributed by atoms with Gasteiger partial charge in [0.05, 0.1) is 0 Å². The van der Waals surface area contributed by atoms with Crippen molar-refractivity contribution in [3.63, 3.8) is 0 Å². The minimum absolute atomic E-state index is 0.0200. The maximum absolute atomic E-state index is 11.4. The maximum Gasteiger partial charge on any atom is 0.652 e. The van der Waals surface area contributed by atoms with Crippen molar-refractivity contribution in [2.45, 2.75) is 18.8 Å². The number of hydrogen-bond donors (Lipinski definition) is 0. The minimum atomic E-state index is -3.44. The summed E-state index contributed by atoms with van der Waals surface area (Å²) in [7, 11) is -6.85. The normalized spacial score (nSPS) is 52.5. The zero-order valence-electron chi connectivity index (χ0n) is 7.24. The second kappa shape index (κ2) is 1.99. The first kappa shape index (κ1) is 8.61. The molecular formula is C5H4O8P2. The van der Waals surface area contributed by atoms with Gasteiger partial charge in [0, 0.05) is 0 Å². The van der Waals surface area contributed by atoms with E-state index in [0.717, 1.165) is 0 Å². The summed E-state index contributed by atoms with van der Waals surface area (Å²) in [4.78, 5) is 0. The lowest BCUT2D eigenvalue weighted by Gasteiger charge is -2.23. The molecule has 6 heterocycles. The van der Waals surface area contributed by atoms with E-state index in [1.807, 2.05) is 0 Å². The molecule has 0 aromatic heterocycles. The number of hydrogen-bond acceptors (Lipinski definition) is 8. The van der Waals surface area contributed by atoms with Gasteiger partial charge in [-0.15, -0.1) is 0 Å². The molecule has 6 aliphatic rings. The Kier molecular flexibility index (Phi) is 1.14. The fraction of sp³-hybridized carbons (Fsp3) is 0.600. The van der Waals surface area contributed by atoms with Gasteiger partial charge in [0.2, 0.25) is 12.0 Å². The molecule has 6 aliphatic heterocycles. The molecule has 82 valence electrons. The van der Waals surface area contributed by atoms with Gasteiger partial charge in [-0.2, -0.15) is 4.57 Å². The van der Waals surface area contributed by atoms with Crippen molar-refractivity contribution in [3.05, 3.63) is 11.7 Å². The molecule has 1 atom stereocenters. The summed E-state index contributed by atoms with van der Waals surface area (Å²) in [6.07, 6.45) is -0.842. The Bertz CT molecular complexity index is 487. The SMILES string of the molecule is CC1(C2=C3OP(=O)(O3)O2)OP2(=O)OC1O2. The molecule has 10 heteroatoms. The minimum Gasteiger partial charge on any atom is -0.379 e. The molecule has 0 aromatic rings. The fourth-order valence-corrected chi connectivity index (χ4v) is 4.43. The largest absolute Gasteiger partial charge is 0.652 e. The van der Waals surface area contributed by atoms with E-state index in [4.69, 9.17) is 27.1 Å². The van der Waals surface area contributed by atoms with Crippen LogP contribution in [0.4, 0.5) is 0 Å². The van der Waals surface area contributed by atoms with Crippen LogP contribution in [0.5, 0.6) is 0 Å². The highest BCUT2D eigenvalue weighted by Gasteiger charge is 2.74. The van der Waals surface area contributed by atoms with Crippen LogP contribution in [0, 0.1) is 0 Å². The average Bonchev–Trinajstić information content (AvgIpc) is 2.63. The molecule has 0 N–H and O–H groups in total. The van der Waals surface area contributed by atoms with Gasteiger partial charge in [0.1, 0.15) is 0 Å². The van der Waals surface area contributed by atoms with Crippen LogP contribution in [-0.4, -0.2) is 11.9 Å². The van der Waals surface area contributed by atoms with E-state index in [0.29, 0.717) is 0 Å². The predicted molar refractivity (Wildman–Crippen MR) is 40.9 cm³/mol. The molecule has 0 aromatic carbocycles. The summed E-state index contributed by atoms with van der Waals surface area (Å²) in [5.41, 5.74) is -1.21. The first-order valence-electron chi connectivity index (χ1n) is 4.04. The first-order valence-corrected chi connectivity index (χ1v) is 6.96. The molecule has 0 aliphatic carbocycles. The molecule has 4 fully saturated rings. The first-order chi connectivity index (χ1) is 6.93. The zero-order valence-corrected chi connectivity index (χ0v) is 9.03. The standard InChI is InChI=1S/C5H4O8P2/c1-5(4-11-15(7,12-4)13-5)2-3-9-14(6,8-2)10-3/h4H,1H3. The Morgan fingerprint density at radius 1 is 1.13 bits per heavy atom. The number of rotatable bonds is 1. The summed E-state index contributed by atoms with van der Waals surface area (Å²) in [5, 5.41) is 0. The van der Waals surface area contributed by atoms with Gasteiger partial charge in [-0.1, -0.05) is 0 Å². The Labute approximate surface area is 83.3 Å². The third-order valence-corrected chi connectivity index (χ3v) is 5.12. The molecule has 0 amide bonds. The Morgan fingerprint density at radius 2 is 1.80 bits per heavy atom. The van der Waals surface area contributed by atoms with Crippen molar-refractivity contribution in [3.8, 4) is 0 Å². The van der Waals surface area contributed by atoms with Gasteiger partial charge in [-0.25, -0.2) is 4.57 Å². The van der Waals surface area contributed by atoms with E-state index in [9.17, 15) is 9.13 Å². The van der Waals surface area contributed by atoms with Crippen LogP contribution in [0.2, 0.25) is 0 Å². The van der Waals surface area contributed by atoms with Crippen LogP contribution in [0.3, 0.4) is 0 Å². The fourth-order valence-electron chi connectivity index (χ4n) is 1.68. The van der Waals surface area contributed by atoms with E-state index in [2.05, 4.69) is 0 Å². The zero-order chi connectivity index (χ0) is 10.5. The molecule has 4 saturated heterocycles. The van der Waals surface area contributed by atoms with Gasteiger partial charge in [-0.3, -0.25) is 13.6 Å². The van der Waals surface area contributed by atoms with E-state index >= 15 is 0 Å². The van der Waals surface area contributed by atoms with Crippen LogP contribution in [-0.2, 0) is 36.3 Å². The monoisotopic (exact) mass is 254 g/mol. The maximum atomic E-state index is 11.4. The molecule has 6 rings (SSSR count). The second-order valence-electron chi connectivity index (χ2n) is 3.53. The predicted octanol–water partition coefficient (Wildman–Crippen LogP) is 1.61. The number of fused-ring (bicyclic) bond motifs is 3. The summed E-state index contributed by atoms with van der Waals surface area (Å²) < 4.78 is 51.8. The van der Waals surface area contributed by atoms with Gasteiger partial charge in [-0.05, 0) is 6.92 Å². The van der Waals surface area contributed by atoms with Crippen LogP contribution in [0.1, 0.15) is 6.92 Å². The Morgan fingerprint density at radius 3 is 2.20 bits per heavy atom. The molecular weight excluding hydrogens is 250 g/mol. The lowest BCUT2D eigenvalue weighted by molar-refractivity contribution is -0.0957. The van der Waals surface area contributed by atoms with E-state index in [-0.39, 0.29) is 11.7 Å². The van der Waals surface area contributed by atoms with Gasteiger partial charge in [0.15, 0.2) is 5.60 Å². The average molecular weight is 254 g/mol. The molecule has 1 unspecified atom stereocenters. The van der Waals surface area contributed by atoms with Gasteiger partial charge in [0.25, 0.3) is 0 Å². The van der Waals surface area contributed by atoms with Crippen molar-refractivity contribution in [1.82, 2.24) is 0 Å². The van der Waals surface area contributed by atoms with Crippen molar-refractivity contribution in [2.24, 2.45) is 0 Å². The lowest BCUT2D eigenvalue weighted by atomic mass is 10.0. The molecule has 0 spiro atoms. The van der Waals surface area contributed by atoms with Gasteiger partial charge >= 0.3 is 21.6 Å². The summed E-state index contributed by atoms with van der Waals surface area (Å²) in [5.74, 6) is 0.0550. The van der Waals surface area contributed by atoms with Crippen LogP contribution in [0.25, 0.3) is 0 Å². The van der Waals surface area contributed by atoms with Crippen molar-refractivity contribution in [2.75, 3.05) is 0 Å². The summed E-state index contributed by atoms with van der Waals surface area (Å²) in [6, 6.07) is 0. The smallest absolute Gasteiger partial charge is 0.379 e. The van der Waals surface area contributed by atoms with Crippen molar-refractivity contribution >= 4 is 15.6 Å². The molecule has 15 heavy (non-hydrogen) atoms. The third-order valence-electron chi connectivity index (χ3n) is 2.43. The van der Waals surface area contributed by atoms with E-state index in [1.54, 1.807) is 0 Å². The van der Waals surface area contributed by atoms with Crippen LogP contribution >= 0.6 is 15.6 Å². The highest BCUT2D eigenvalue weighted by atomic mass is 31.2. The van der Waals surface area contributed by atoms with Crippen molar-refractivity contribution in [1.29, 1.82) is 0 Å². The van der Waals surface area contributed by atoms with E-state index in [1.165, 1.54) is 6.92 Å².